The van der Waals surface area contributed by atoms with Gasteiger partial charge >= 0.3 is 0 Å². The van der Waals surface area contributed by atoms with E-state index in [4.69, 9.17) is 10.6 Å². The first-order chi connectivity index (χ1) is 6.62. The smallest absolute Gasteiger partial charge is 0.216 e. The van der Waals surface area contributed by atoms with Gasteiger partial charge in [0.25, 0.3) is 0 Å². The first kappa shape index (κ1) is 14.0. The second kappa shape index (κ2) is 4.69. The van der Waals surface area contributed by atoms with Gasteiger partial charge in [0.05, 0.1) is 0 Å². The number of hydrazone groups is 1. The third-order valence-corrected chi connectivity index (χ3v) is 1.97. The van der Waals surface area contributed by atoms with Crippen LogP contribution in [0.25, 0.3) is 0 Å². The lowest BCUT2D eigenvalue weighted by Gasteiger charge is -2.27. The van der Waals surface area contributed by atoms with Crippen LogP contribution in [0.1, 0.15) is 48.5 Å². The normalized spacial score (nSPS) is 15.4. The highest BCUT2D eigenvalue weighted by atomic mass is 16.5. The number of hydrogen-bond acceptors (Lipinski definition) is 3. The van der Waals surface area contributed by atoms with E-state index in [0.29, 0.717) is 5.90 Å². The van der Waals surface area contributed by atoms with Crippen LogP contribution < -0.4 is 5.84 Å². The second-order valence-electron chi connectivity index (χ2n) is 5.69. The van der Waals surface area contributed by atoms with E-state index in [2.05, 4.69) is 25.9 Å². The SMILES string of the molecule is C/C=C(\O/C(=N\N)C(C)(C)C)C(C)(C)C. The molecule has 0 saturated carbocycles. The fourth-order valence-electron chi connectivity index (χ4n) is 1.12. The van der Waals surface area contributed by atoms with E-state index < -0.39 is 0 Å². The van der Waals surface area contributed by atoms with Crippen molar-refractivity contribution in [3.05, 3.63) is 11.8 Å². The molecule has 0 rings (SSSR count). The summed E-state index contributed by atoms with van der Waals surface area (Å²) in [6.07, 6.45) is 1.96. The molecule has 0 heterocycles. The molecule has 3 heteroatoms. The Balaban J connectivity index is 4.87. The number of nitrogens with zero attached hydrogens (tertiary/aromatic N) is 1. The van der Waals surface area contributed by atoms with E-state index in [1.165, 1.54) is 0 Å². The highest BCUT2D eigenvalue weighted by Gasteiger charge is 2.26. The van der Waals surface area contributed by atoms with Crippen molar-refractivity contribution in [3.8, 4) is 0 Å². The molecule has 0 amide bonds. The lowest BCUT2D eigenvalue weighted by molar-refractivity contribution is 0.254. The molecule has 0 atom stereocenters. The quantitative estimate of drug-likeness (QED) is 0.238. The number of allylic oxidation sites excluding steroid dienone is 2. The second-order valence-corrected chi connectivity index (χ2v) is 5.69. The van der Waals surface area contributed by atoms with Crippen LogP contribution >= 0.6 is 0 Å². The topological polar surface area (TPSA) is 47.6 Å². The number of hydrogen-bond donors (Lipinski definition) is 1. The molecular formula is C12H24N2O. The highest BCUT2D eigenvalue weighted by molar-refractivity contribution is 5.82. The average Bonchev–Trinajstić information content (AvgIpc) is 2.01. The molecule has 0 aliphatic heterocycles. The van der Waals surface area contributed by atoms with Gasteiger partial charge in [0.15, 0.2) is 0 Å². The summed E-state index contributed by atoms with van der Waals surface area (Å²) in [5.41, 5.74) is -0.204. The van der Waals surface area contributed by atoms with Crippen LogP contribution in [-0.2, 0) is 4.74 Å². The predicted octanol–water partition coefficient (Wildman–Crippen LogP) is 3.27. The minimum absolute atomic E-state index is 0.0318. The van der Waals surface area contributed by atoms with Gasteiger partial charge in [-0.2, -0.15) is 0 Å². The molecule has 0 bridgehead atoms. The summed E-state index contributed by atoms with van der Waals surface area (Å²) in [5, 5.41) is 3.71. The maximum Gasteiger partial charge on any atom is 0.216 e. The minimum atomic E-state index is -0.172. The molecule has 0 radical (unpaired) electrons. The number of rotatable bonds is 1. The van der Waals surface area contributed by atoms with E-state index in [9.17, 15) is 0 Å². The molecule has 0 aliphatic carbocycles. The zero-order valence-corrected chi connectivity index (χ0v) is 11.0. The lowest BCUT2D eigenvalue weighted by Crippen LogP contribution is -2.27. The summed E-state index contributed by atoms with van der Waals surface area (Å²) in [6, 6.07) is 0. The molecule has 0 spiro atoms. The molecule has 0 unspecified atom stereocenters. The van der Waals surface area contributed by atoms with Crippen LogP contribution in [0.2, 0.25) is 0 Å². The Labute approximate surface area is 93.4 Å². The van der Waals surface area contributed by atoms with Gasteiger partial charge < -0.3 is 10.6 Å². The first-order valence-electron chi connectivity index (χ1n) is 5.26. The van der Waals surface area contributed by atoms with Crippen molar-refractivity contribution < 1.29 is 4.74 Å². The van der Waals surface area contributed by atoms with Crippen molar-refractivity contribution in [3.63, 3.8) is 0 Å². The van der Waals surface area contributed by atoms with E-state index in [1.54, 1.807) is 0 Å². The molecule has 15 heavy (non-hydrogen) atoms. The van der Waals surface area contributed by atoms with Crippen LogP contribution in [0.4, 0.5) is 0 Å². The Morgan fingerprint density at radius 2 is 1.53 bits per heavy atom. The van der Waals surface area contributed by atoms with Gasteiger partial charge in [-0.15, -0.1) is 5.10 Å². The van der Waals surface area contributed by atoms with Crippen LogP contribution in [0.3, 0.4) is 0 Å². The predicted molar refractivity (Wildman–Crippen MR) is 65.4 cm³/mol. The van der Waals surface area contributed by atoms with E-state index in [-0.39, 0.29) is 10.8 Å². The number of ether oxygens (including phenoxy) is 1. The molecular weight excluding hydrogens is 188 g/mol. The van der Waals surface area contributed by atoms with Crippen molar-refractivity contribution >= 4 is 5.90 Å². The molecule has 0 aliphatic rings. The Kier molecular flexibility index (Phi) is 4.38. The first-order valence-corrected chi connectivity index (χ1v) is 5.26. The van der Waals surface area contributed by atoms with Crippen molar-refractivity contribution in [2.45, 2.75) is 48.5 Å². The van der Waals surface area contributed by atoms with E-state index >= 15 is 0 Å². The standard InChI is InChI=1S/C12H24N2O/c1-8-9(11(2,3)4)15-10(14-13)12(5,6)7/h8H,13H2,1-7H3/b9-8-,14-10-. The maximum atomic E-state index is 5.76. The summed E-state index contributed by atoms with van der Waals surface area (Å²) in [7, 11) is 0. The highest BCUT2D eigenvalue weighted by Crippen LogP contribution is 2.29. The Bertz CT molecular complexity index is 236. The summed E-state index contributed by atoms with van der Waals surface area (Å²) in [6.45, 7) is 14.3. The summed E-state index contributed by atoms with van der Waals surface area (Å²) >= 11 is 0. The van der Waals surface area contributed by atoms with Crippen molar-refractivity contribution in [1.29, 1.82) is 0 Å². The molecule has 88 valence electrons. The van der Waals surface area contributed by atoms with Gasteiger partial charge in [-0.05, 0) is 13.0 Å². The largest absolute Gasteiger partial charge is 0.445 e. The fraction of sp³-hybridized carbons (Fsp3) is 0.750. The van der Waals surface area contributed by atoms with Crippen molar-refractivity contribution in [1.82, 2.24) is 0 Å². The molecule has 2 N–H and O–H groups in total. The zero-order valence-electron chi connectivity index (χ0n) is 11.0. The molecule has 0 aromatic rings. The Morgan fingerprint density at radius 1 is 1.07 bits per heavy atom. The van der Waals surface area contributed by atoms with Gasteiger partial charge in [-0.1, -0.05) is 41.5 Å². The fourth-order valence-corrected chi connectivity index (χ4v) is 1.12. The van der Waals surface area contributed by atoms with Crippen LogP contribution in [-0.4, -0.2) is 5.90 Å². The van der Waals surface area contributed by atoms with Crippen molar-refractivity contribution in [2.75, 3.05) is 0 Å². The lowest BCUT2D eigenvalue weighted by atomic mass is 9.92. The summed E-state index contributed by atoms with van der Waals surface area (Å²) in [5.74, 6) is 6.79. The van der Waals surface area contributed by atoms with Crippen LogP contribution in [0, 0.1) is 10.8 Å². The maximum absolute atomic E-state index is 5.76. The monoisotopic (exact) mass is 212 g/mol. The Hall–Kier alpha value is -0.990. The van der Waals surface area contributed by atoms with Crippen LogP contribution in [0.15, 0.2) is 16.9 Å². The van der Waals surface area contributed by atoms with Crippen molar-refractivity contribution in [2.24, 2.45) is 21.8 Å². The average molecular weight is 212 g/mol. The van der Waals surface area contributed by atoms with Gasteiger partial charge in [0, 0.05) is 10.8 Å². The summed E-state index contributed by atoms with van der Waals surface area (Å²) in [4.78, 5) is 0. The molecule has 0 fully saturated rings. The molecule has 0 aromatic carbocycles. The Morgan fingerprint density at radius 3 is 1.73 bits per heavy atom. The number of nitrogens with two attached hydrogens (primary N) is 1. The molecule has 0 saturated heterocycles. The van der Waals surface area contributed by atoms with E-state index in [0.717, 1.165) is 5.76 Å². The summed E-state index contributed by atoms with van der Waals surface area (Å²) < 4.78 is 5.76. The third-order valence-electron chi connectivity index (χ3n) is 1.97. The molecule has 3 nitrogen and oxygen atoms in total. The van der Waals surface area contributed by atoms with Gasteiger partial charge in [-0.3, -0.25) is 0 Å². The third kappa shape index (κ3) is 4.36. The van der Waals surface area contributed by atoms with Gasteiger partial charge in [-0.25, -0.2) is 0 Å². The van der Waals surface area contributed by atoms with Crippen LogP contribution in [0.5, 0.6) is 0 Å². The van der Waals surface area contributed by atoms with Gasteiger partial charge in [0.1, 0.15) is 5.76 Å². The van der Waals surface area contributed by atoms with Gasteiger partial charge in [0.2, 0.25) is 5.90 Å². The molecule has 0 aromatic heterocycles. The van der Waals surface area contributed by atoms with E-state index in [1.807, 2.05) is 33.8 Å². The zero-order chi connectivity index (χ0) is 12.3. The minimum Gasteiger partial charge on any atom is -0.445 e.